The topological polar surface area (TPSA) is 65.7 Å². The fourth-order valence-electron chi connectivity index (χ4n) is 2.09. The number of ether oxygens (including phenoxy) is 1. The first kappa shape index (κ1) is 18.2. The maximum absolute atomic E-state index is 11.4. The van der Waals surface area contributed by atoms with Crippen LogP contribution in [0.15, 0.2) is 53.6 Å². The van der Waals surface area contributed by atoms with Crippen molar-refractivity contribution in [1.29, 1.82) is 5.26 Å². The Hall–Kier alpha value is -3.13. The summed E-state index contributed by atoms with van der Waals surface area (Å²) in [6.45, 7) is 4.29. The Bertz CT molecular complexity index is 759. The first-order chi connectivity index (χ1) is 12.1. The Morgan fingerprint density at radius 2 is 1.88 bits per heavy atom. The Labute approximate surface area is 148 Å². The molecule has 0 fully saturated rings. The van der Waals surface area contributed by atoms with E-state index in [0.717, 1.165) is 16.9 Å². The van der Waals surface area contributed by atoms with Crippen LogP contribution in [0.25, 0.3) is 0 Å². The molecule has 0 aliphatic rings. The molecule has 0 radical (unpaired) electrons. The number of nitriles is 1. The van der Waals surface area contributed by atoms with Crippen LogP contribution in [-0.2, 0) is 11.4 Å². The lowest BCUT2D eigenvalue weighted by atomic mass is 10.2. The molecule has 0 heterocycles. The molecule has 0 aliphatic heterocycles. The molecule has 2 rings (SSSR count). The van der Waals surface area contributed by atoms with Gasteiger partial charge in [0, 0.05) is 6.92 Å². The number of rotatable bonds is 7. The largest absolute Gasteiger partial charge is 0.489 e. The van der Waals surface area contributed by atoms with Gasteiger partial charge in [0.25, 0.3) is 0 Å². The summed E-state index contributed by atoms with van der Waals surface area (Å²) in [6, 6.07) is 17.7. The SMILES string of the molecule is CC(=O)N(CCC#N)/N=C/c1ccc(OCc2ccc(C)cc2)cc1. The smallest absolute Gasteiger partial charge is 0.239 e. The molecular weight excluding hydrogens is 314 g/mol. The van der Waals surface area contributed by atoms with Crippen molar-refractivity contribution < 1.29 is 9.53 Å². The first-order valence-electron chi connectivity index (χ1n) is 8.06. The molecule has 0 atom stereocenters. The lowest BCUT2D eigenvalue weighted by Gasteiger charge is -2.12. The lowest BCUT2D eigenvalue weighted by Crippen LogP contribution is -2.24. The molecule has 128 valence electrons. The zero-order valence-corrected chi connectivity index (χ0v) is 14.5. The van der Waals surface area contributed by atoms with Crippen molar-refractivity contribution in [2.24, 2.45) is 5.10 Å². The molecule has 0 N–H and O–H groups in total. The number of amides is 1. The second kappa shape index (κ2) is 9.24. The summed E-state index contributed by atoms with van der Waals surface area (Å²) in [6.07, 6.45) is 1.85. The van der Waals surface area contributed by atoms with Crippen LogP contribution in [0.4, 0.5) is 0 Å². The highest BCUT2D eigenvalue weighted by Gasteiger charge is 2.05. The minimum atomic E-state index is -0.190. The second-order valence-corrected chi connectivity index (χ2v) is 5.64. The zero-order chi connectivity index (χ0) is 18.1. The van der Waals surface area contributed by atoms with Crippen LogP contribution in [0.2, 0.25) is 0 Å². The van der Waals surface area contributed by atoms with E-state index >= 15 is 0 Å². The molecule has 5 heteroatoms. The van der Waals surface area contributed by atoms with Crippen LogP contribution >= 0.6 is 0 Å². The van der Waals surface area contributed by atoms with Gasteiger partial charge in [0.2, 0.25) is 5.91 Å². The molecule has 0 aliphatic carbocycles. The van der Waals surface area contributed by atoms with Crippen molar-refractivity contribution in [2.45, 2.75) is 26.9 Å². The minimum absolute atomic E-state index is 0.190. The molecule has 0 aromatic heterocycles. The maximum atomic E-state index is 11.4. The summed E-state index contributed by atoms with van der Waals surface area (Å²) in [7, 11) is 0. The van der Waals surface area contributed by atoms with E-state index in [0.29, 0.717) is 13.2 Å². The molecule has 25 heavy (non-hydrogen) atoms. The molecule has 0 bridgehead atoms. The zero-order valence-electron chi connectivity index (χ0n) is 14.5. The van der Waals surface area contributed by atoms with E-state index in [9.17, 15) is 4.79 Å². The van der Waals surface area contributed by atoms with E-state index in [1.54, 1.807) is 6.21 Å². The van der Waals surface area contributed by atoms with Gasteiger partial charge in [-0.15, -0.1) is 0 Å². The molecule has 2 aromatic carbocycles. The molecule has 0 saturated heterocycles. The van der Waals surface area contributed by atoms with Crippen LogP contribution in [0.3, 0.4) is 0 Å². The van der Waals surface area contributed by atoms with Gasteiger partial charge in [-0.05, 0) is 42.3 Å². The fraction of sp³-hybridized carbons (Fsp3) is 0.250. The predicted octanol–water partition coefficient (Wildman–Crippen LogP) is 3.67. The van der Waals surface area contributed by atoms with Gasteiger partial charge in [-0.2, -0.15) is 10.4 Å². The summed E-state index contributed by atoms with van der Waals surface area (Å²) >= 11 is 0. The van der Waals surface area contributed by atoms with Gasteiger partial charge in [0.15, 0.2) is 0 Å². The Morgan fingerprint density at radius 3 is 2.48 bits per heavy atom. The lowest BCUT2D eigenvalue weighted by molar-refractivity contribution is -0.128. The van der Waals surface area contributed by atoms with Crippen LogP contribution < -0.4 is 4.74 Å². The van der Waals surface area contributed by atoms with Gasteiger partial charge in [-0.25, -0.2) is 5.01 Å². The number of carbonyl (C=O) groups is 1. The van der Waals surface area contributed by atoms with Crippen LogP contribution in [0.5, 0.6) is 5.75 Å². The van der Waals surface area contributed by atoms with E-state index in [1.807, 2.05) is 42.5 Å². The molecule has 0 spiro atoms. The molecular formula is C20H21N3O2. The standard InChI is InChI=1S/C20H21N3O2/c1-16-4-6-19(7-5-16)15-25-20-10-8-18(9-11-20)14-22-23(17(2)24)13-3-12-21/h4-11,14H,3,13,15H2,1-2H3/b22-14+. The quantitative estimate of drug-likeness (QED) is 0.573. The van der Waals surface area contributed by atoms with E-state index < -0.39 is 0 Å². The third-order valence-corrected chi connectivity index (χ3v) is 3.55. The van der Waals surface area contributed by atoms with Crippen molar-refractivity contribution in [3.05, 3.63) is 65.2 Å². The van der Waals surface area contributed by atoms with Gasteiger partial charge in [0.1, 0.15) is 12.4 Å². The summed E-state index contributed by atoms with van der Waals surface area (Å²) in [4.78, 5) is 11.4. The average molecular weight is 335 g/mol. The average Bonchev–Trinajstić information content (AvgIpc) is 2.62. The third-order valence-electron chi connectivity index (χ3n) is 3.55. The van der Waals surface area contributed by atoms with Gasteiger partial charge in [-0.3, -0.25) is 4.79 Å². The highest BCUT2D eigenvalue weighted by atomic mass is 16.5. The fourth-order valence-corrected chi connectivity index (χ4v) is 2.09. The van der Waals surface area contributed by atoms with Crippen molar-refractivity contribution in [2.75, 3.05) is 6.54 Å². The number of benzene rings is 2. The molecule has 1 amide bonds. The molecule has 2 aromatic rings. The normalized spacial score (nSPS) is 10.4. The van der Waals surface area contributed by atoms with E-state index in [-0.39, 0.29) is 12.3 Å². The number of hydrogen-bond acceptors (Lipinski definition) is 4. The van der Waals surface area contributed by atoms with Gasteiger partial charge in [0.05, 0.1) is 25.2 Å². The highest BCUT2D eigenvalue weighted by molar-refractivity contribution is 5.81. The van der Waals surface area contributed by atoms with Crippen molar-refractivity contribution in [1.82, 2.24) is 5.01 Å². The summed E-state index contributed by atoms with van der Waals surface area (Å²) in [5.41, 5.74) is 3.19. The minimum Gasteiger partial charge on any atom is -0.489 e. The molecule has 0 unspecified atom stereocenters. The van der Waals surface area contributed by atoms with Crippen molar-refractivity contribution >= 4 is 12.1 Å². The number of hydrogen-bond donors (Lipinski definition) is 0. The van der Waals surface area contributed by atoms with E-state index in [2.05, 4.69) is 24.2 Å². The number of aryl methyl sites for hydroxylation is 1. The predicted molar refractivity (Wildman–Crippen MR) is 97.2 cm³/mol. The van der Waals surface area contributed by atoms with Crippen molar-refractivity contribution in [3.63, 3.8) is 0 Å². The van der Waals surface area contributed by atoms with Crippen molar-refractivity contribution in [3.8, 4) is 11.8 Å². The first-order valence-corrected chi connectivity index (χ1v) is 8.06. The van der Waals surface area contributed by atoms with Crippen LogP contribution in [0.1, 0.15) is 30.0 Å². The number of carbonyl (C=O) groups excluding carboxylic acids is 1. The van der Waals surface area contributed by atoms with E-state index in [1.165, 1.54) is 17.5 Å². The number of nitrogens with zero attached hydrogens (tertiary/aromatic N) is 3. The highest BCUT2D eigenvalue weighted by Crippen LogP contribution is 2.14. The van der Waals surface area contributed by atoms with Gasteiger partial charge in [-0.1, -0.05) is 29.8 Å². The molecule has 5 nitrogen and oxygen atoms in total. The van der Waals surface area contributed by atoms with Gasteiger partial charge < -0.3 is 4.74 Å². The molecule has 0 saturated carbocycles. The summed E-state index contributed by atoms with van der Waals surface area (Å²) in [5, 5.41) is 14.0. The van der Waals surface area contributed by atoms with Crippen LogP contribution in [-0.4, -0.2) is 23.7 Å². The summed E-state index contributed by atoms with van der Waals surface area (Å²) in [5.74, 6) is 0.579. The van der Waals surface area contributed by atoms with Crippen LogP contribution in [0, 0.1) is 18.3 Å². The Balaban J connectivity index is 1.92. The number of hydrazone groups is 1. The Morgan fingerprint density at radius 1 is 1.20 bits per heavy atom. The monoisotopic (exact) mass is 335 g/mol. The van der Waals surface area contributed by atoms with E-state index in [4.69, 9.17) is 10.00 Å². The second-order valence-electron chi connectivity index (χ2n) is 5.64. The maximum Gasteiger partial charge on any atom is 0.239 e. The third kappa shape index (κ3) is 6.11. The summed E-state index contributed by atoms with van der Waals surface area (Å²) < 4.78 is 5.76. The van der Waals surface area contributed by atoms with Gasteiger partial charge >= 0.3 is 0 Å². The Kier molecular flexibility index (Phi) is 6.73.